The Bertz CT molecular complexity index is 1160. The first kappa shape index (κ1) is 21.5. The molecule has 0 spiro atoms. The van der Waals surface area contributed by atoms with Gasteiger partial charge in [-0.3, -0.25) is 4.79 Å². The normalized spacial score (nSPS) is 14.1. The third kappa shape index (κ3) is 4.66. The van der Waals surface area contributed by atoms with E-state index in [1.165, 1.54) is 15.9 Å². The van der Waals surface area contributed by atoms with Gasteiger partial charge in [-0.15, -0.1) is 11.3 Å². The number of amides is 1. The predicted molar refractivity (Wildman–Crippen MR) is 124 cm³/mol. The summed E-state index contributed by atoms with van der Waals surface area (Å²) in [5.41, 5.74) is 3.25. The number of likely N-dealkylation sites (N-methyl/N-ethyl adjacent to an activating group) is 1. The van der Waals surface area contributed by atoms with Gasteiger partial charge in [0, 0.05) is 38.9 Å². The number of benzene rings is 2. The van der Waals surface area contributed by atoms with Gasteiger partial charge >= 0.3 is 0 Å². The minimum absolute atomic E-state index is 0.0887. The Hall–Kier alpha value is -2.68. The van der Waals surface area contributed by atoms with E-state index in [0.29, 0.717) is 32.6 Å². The van der Waals surface area contributed by atoms with Crippen LogP contribution in [-0.4, -0.2) is 45.3 Å². The van der Waals surface area contributed by atoms with E-state index in [0.717, 1.165) is 22.6 Å². The fraction of sp³-hybridized carbons (Fsp3) is 0.261. The highest BCUT2D eigenvalue weighted by molar-refractivity contribution is 7.89. The van der Waals surface area contributed by atoms with Crippen molar-refractivity contribution in [2.24, 2.45) is 0 Å². The van der Waals surface area contributed by atoms with Gasteiger partial charge in [0.15, 0.2) is 0 Å². The van der Waals surface area contributed by atoms with Gasteiger partial charge < -0.3 is 10.2 Å². The average molecular weight is 456 g/mol. The Morgan fingerprint density at radius 2 is 1.77 bits per heavy atom. The number of hydrogen-bond donors (Lipinski definition) is 1. The highest BCUT2D eigenvalue weighted by Gasteiger charge is 2.32. The zero-order valence-corrected chi connectivity index (χ0v) is 19.0. The molecule has 162 valence electrons. The molecule has 1 amide bonds. The molecule has 0 unspecified atom stereocenters. The molecule has 2 aromatic carbocycles. The van der Waals surface area contributed by atoms with Gasteiger partial charge in [0.25, 0.3) is 5.91 Å². The molecule has 0 saturated carbocycles. The number of anilines is 1. The standard InChI is InChI=1S/C23H25N3O3S2/c1-25(20-9-3-2-4-10-20)15-13-24-23(27)22-21(12-16-30-22)31(28,29)26-14-11-18-7-5-6-8-19(18)17-26/h2-10,12,16H,11,13-15,17H2,1H3,(H,24,27). The molecule has 0 aliphatic carbocycles. The zero-order chi connectivity index (χ0) is 21.8. The largest absolute Gasteiger partial charge is 0.373 e. The van der Waals surface area contributed by atoms with Gasteiger partial charge in [0.2, 0.25) is 10.0 Å². The fourth-order valence-electron chi connectivity index (χ4n) is 3.71. The molecule has 1 aliphatic heterocycles. The number of para-hydroxylation sites is 1. The van der Waals surface area contributed by atoms with Crippen molar-refractivity contribution >= 4 is 33.0 Å². The molecule has 0 saturated heterocycles. The van der Waals surface area contributed by atoms with Gasteiger partial charge in [-0.2, -0.15) is 4.31 Å². The third-order valence-corrected chi connectivity index (χ3v) is 8.41. The second-order valence-electron chi connectivity index (χ2n) is 7.48. The van der Waals surface area contributed by atoms with Gasteiger partial charge in [0.05, 0.1) is 0 Å². The van der Waals surface area contributed by atoms with Crippen molar-refractivity contribution in [3.05, 3.63) is 82.0 Å². The zero-order valence-electron chi connectivity index (χ0n) is 17.3. The number of hydrogen-bond acceptors (Lipinski definition) is 5. The lowest BCUT2D eigenvalue weighted by atomic mass is 10.0. The molecule has 1 N–H and O–H groups in total. The molecule has 3 aromatic rings. The maximum Gasteiger partial charge on any atom is 0.262 e. The number of sulfonamides is 1. The van der Waals surface area contributed by atoms with E-state index in [2.05, 4.69) is 5.32 Å². The van der Waals surface area contributed by atoms with Gasteiger partial charge in [-0.05, 0) is 41.1 Å². The molecule has 2 heterocycles. The second-order valence-corrected chi connectivity index (χ2v) is 10.3. The Balaban J connectivity index is 1.42. The highest BCUT2D eigenvalue weighted by Crippen LogP contribution is 2.29. The van der Waals surface area contributed by atoms with E-state index in [9.17, 15) is 13.2 Å². The van der Waals surface area contributed by atoms with Gasteiger partial charge in [-0.1, -0.05) is 42.5 Å². The SMILES string of the molecule is CN(CCNC(=O)c1sccc1S(=O)(=O)N1CCc2ccccc2C1)c1ccccc1. The molecular weight excluding hydrogens is 430 g/mol. The first-order chi connectivity index (χ1) is 15.0. The van der Waals surface area contributed by atoms with Crippen molar-refractivity contribution in [1.82, 2.24) is 9.62 Å². The summed E-state index contributed by atoms with van der Waals surface area (Å²) in [6, 6.07) is 19.3. The van der Waals surface area contributed by atoms with Crippen LogP contribution in [0.25, 0.3) is 0 Å². The van der Waals surface area contributed by atoms with Crippen LogP contribution in [0.1, 0.15) is 20.8 Å². The number of nitrogens with zero attached hydrogens (tertiary/aromatic N) is 2. The summed E-state index contributed by atoms with van der Waals surface area (Å²) in [5.74, 6) is -0.354. The molecule has 8 heteroatoms. The van der Waals surface area contributed by atoms with E-state index in [4.69, 9.17) is 0 Å². The van der Waals surface area contributed by atoms with Crippen LogP contribution in [-0.2, 0) is 23.0 Å². The summed E-state index contributed by atoms with van der Waals surface area (Å²) < 4.78 is 28.1. The number of fused-ring (bicyclic) bond motifs is 1. The minimum atomic E-state index is -3.75. The van der Waals surface area contributed by atoms with E-state index < -0.39 is 10.0 Å². The van der Waals surface area contributed by atoms with E-state index in [1.807, 2.05) is 66.5 Å². The summed E-state index contributed by atoms with van der Waals surface area (Å²) in [4.78, 5) is 15.1. The Morgan fingerprint density at radius 1 is 1.06 bits per heavy atom. The molecular formula is C23H25N3O3S2. The highest BCUT2D eigenvalue weighted by atomic mass is 32.2. The van der Waals surface area contributed by atoms with Crippen LogP contribution in [0.15, 0.2) is 70.9 Å². The van der Waals surface area contributed by atoms with Gasteiger partial charge in [-0.25, -0.2) is 8.42 Å². The summed E-state index contributed by atoms with van der Waals surface area (Å²) in [6.45, 7) is 1.78. The molecule has 0 bridgehead atoms. The Labute approximate surface area is 187 Å². The number of rotatable bonds is 7. The number of thiophene rings is 1. The van der Waals surface area contributed by atoms with E-state index in [-0.39, 0.29) is 15.7 Å². The summed E-state index contributed by atoms with van der Waals surface area (Å²) >= 11 is 1.16. The smallest absolute Gasteiger partial charge is 0.262 e. The van der Waals surface area contributed by atoms with Crippen molar-refractivity contribution < 1.29 is 13.2 Å². The second kappa shape index (κ2) is 9.21. The molecule has 1 aliphatic rings. The van der Waals surface area contributed by atoms with E-state index >= 15 is 0 Å². The lowest BCUT2D eigenvalue weighted by Crippen LogP contribution is -2.37. The number of carbonyl (C=O) groups excluding carboxylic acids is 1. The lowest BCUT2D eigenvalue weighted by molar-refractivity contribution is 0.0955. The Kier molecular flexibility index (Phi) is 6.41. The van der Waals surface area contributed by atoms with Crippen LogP contribution in [0.3, 0.4) is 0 Å². The monoisotopic (exact) mass is 455 g/mol. The van der Waals surface area contributed by atoms with Crippen molar-refractivity contribution in [3.8, 4) is 0 Å². The maximum absolute atomic E-state index is 13.3. The topological polar surface area (TPSA) is 69.7 Å². The van der Waals surface area contributed by atoms with Crippen LogP contribution < -0.4 is 10.2 Å². The molecule has 0 radical (unpaired) electrons. The van der Waals surface area contributed by atoms with Crippen molar-refractivity contribution in [2.45, 2.75) is 17.9 Å². The first-order valence-corrected chi connectivity index (χ1v) is 12.5. The fourth-order valence-corrected chi connectivity index (χ4v) is 6.45. The summed E-state index contributed by atoms with van der Waals surface area (Å²) in [7, 11) is -1.79. The summed E-state index contributed by atoms with van der Waals surface area (Å²) in [6.07, 6.45) is 0.674. The number of carbonyl (C=O) groups is 1. The quantitative estimate of drug-likeness (QED) is 0.593. The molecule has 31 heavy (non-hydrogen) atoms. The Morgan fingerprint density at radius 3 is 2.55 bits per heavy atom. The third-order valence-electron chi connectivity index (χ3n) is 5.48. The minimum Gasteiger partial charge on any atom is -0.373 e. The molecule has 1 aromatic heterocycles. The predicted octanol–water partition coefficient (Wildman–Crippen LogP) is 3.36. The van der Waals surface area contributed by atoms with Crippen LogP contribution in [0, 0.1) is 0 Å². The molecule has 4 rings (SSSR count). The van der Waals surface area contributed by atoms with Crippen molar-refractivity contribution in [3.63, 3.8) is 0 Å². The summed E-state index contributed by atoms with van der Waals surface area (Å²) in [5, 5.41) is 4.53. The van der Waals surface area contributed by atoms with Crippen LogP contribution in [0.5, 0.6) is 0 Å². The van der Waals surface area contributed by atoms with Crippen molar-refractivity contribution in [1.29, 1.82) is 0 Å². The van der Waals surface area contributed by atoms with Crippen LogP contribution in [0.2, 0.25) is 0 Å². The maximum atomic E-state index is 13.3. The van der Waals surface area contributed by atoms with Gasteiger partial charge in [0.1, 0.15) is 9.77 Å². The molecule has 0 fully saturated rings. The molecule has 0 atom stereocenters. The van der Waals surface area contributed by atoms with Crippen molar-refractivity contribution in [2.75, 3.05) is 31.6 Å². The number of nitrogens with one attached hydrogen (secondary N) is 1. The first-order valence-electron chi connectivity index (χ1n) is 10.2. The van der Waals surface area contributed by atoms with Crippen LogP contribution >= 0.6 is 11.3 Å². The lowest BCUT2D eigenvalue weighted by Gasteiger charge is -2.28. The van der Waals surface area contributed by atoms with E-state index in [1.54, 1.807) is 5.38 Å². The molecule has 6 nitrogen and oxygen atoms in total. The average Bonchev–Trinajstić information content (AvgIpc) is 3.30. The van der Waals surface area contributed by atoms with Crippen LogP contribution in [0.4, 0.5) is 5.69 Å².